The molecule has 0 aromatic heterocycles. The summed E-state index contributed by atoms with van der Waals surface area (Å²) in [5.74, 6) is 0.215. The van der Waals surface area contributed by atoms with Crippen LogP contribution in [-0.4, -0.2) is 24.5 Å². The number of methoxy groups -OCH3 is 1. The van der Waals surface area contributed by atoms with Crippen molar-refractivity contribution in [3.05, 3.63) is 54.1 Å². The first-order valence-electron chi connectivity index (χ1n) is 6.72. The average Bonchev–Trinajstić information content (AvgIpc) is 2.57. The third-order valence-electron chi connectivity index (χ3n) is 3.27. The van der Waals surface area contributed by atoms with E-state index in [1.807, 2.05) is 30.3 Å². The van der Waals surface area contributed by atoms with Crippen molar-refractivity contribution in [3.8, 4) is 11.5 Å². The molecular weight excluding hydrogens is 286 g/mol. The van der Waals surface area contributed by atoms with Gasteiger partial charge in [-0.2, -0.15) is 5.06 Å². The first kappa shape index (κ1) is 14.4. The summed E-state index contributed by atoms with van der Waals surface area (Å²) in [7, 11) is 1.33. The minimum Gasteiger partial charge on any atom is -0.489 e. The number of amides is 1. The summed E-state index contributed by atoms with van der Waals surface area (Å²) in [6.45, 7) is 0.412. The molecule has 6 nitrogen and oxygen atoms in total. The van der Waals surface area contributed by atoms with E-state index in [-0.39, 0.29) is 5.69 Å². The smallest absolute Gasteiger partial charge is 0.320 e. The van der Waals surface area contributed by atoms with Gasteiger partial charge in [0.15, 0.2) is 5.75 Å². The number of hydrogen-bond donors (Lipinski definition) is 1. The van der Waals surface area contributed by atoms with Crippen molar-refractivity contribution in [1.82, 2.24) is 0 Å². The average molecular weight is 301 g/mol. The summed E-state index contributed by atoms with van der Waals surface area (Å²) >= 11 is 0. The number of benzene rings is 2. The van der Waals surface area contributed by atoms with Crippen LogP contribution in [0.25, 0.3) is 0 Å². The second kappa shape index (κ2) is 6.05. The topological polar surface area (TPSA) is 68.2 Å². The predicted octanol–water partition coefficient (Wildman–Crippen LogP) is 2.35. The third kappa shape index (κ3) is 2.74. The fourth-order valence-corrected chi connectivity index (χ4v) is 2.13. The summed E-state index contributed by atoms with van der Waals surface area (Å²) in [5, 5.41) is 10.3. The van der Waals surface area contributed by atoms with Crippen molar-refractivity contribution in [3.63, 3.8) is 0 Å². The summed E-state index contributed by atoms with van der Waals surface area (Å²) in [6.07, 6.45) is -1.16. The summed E-state index contributed by atoms with van der Waals surface area (Å²) < 4.78 is 16.0. The lowest BCUT2D eigenvalue weighted by Crippen LogP contribution is -2.45. The maximum Gasteiger partial charge on any atom is 0.320 e. The Morgan fingerprint density at radius 3 is 2.73 bits per heavy atom. The van der Waals surface area contributed by atoms with Gasteiger partial charge in [0, 0.05) is 13.2 Å². The Balaban J connectivity index is 1.77. The van der Waals surface area contributed by atoms with Crippen molar-refractivity contribution >= 4 is 11.6 Å². The molecule has 1 unspecified atom stereocenters. The van der Waals surface area contributed by atoms with Gasteiger partial charge in [-0.25, -0.2) is 0 Å². The van der Waals surface area contributed by atoms with Crippen LogP contribution in [0.1, 0.15) is 5.56 Å². The van der Waals surface area contributed by atoms with E-state index in [1.165, 1.54) is 7.11 Å². The number of hydrogen-bond acceptors (Lipinski definition) is 5. The van der Waals surface area contributed by atoms with Crippen molar-refractivity contribution < 1.29 is 24.2 Å². The molecule has 0 saturated heterocycles. The molecule has 0 spiro atoms. The number of ether oxygens (including phenoxy) is 3. The number of nitrogens with zero attached hydrogens (tertiary/aromatic N) is 1. The Morgan fingerprint density at radius 1 is 1.23 bits per heavy atom. The molecule has 0 saturated carbocycles. The molecule has 0 fully saturated rings. The predicted molar refractivity (Wildman–Crippen MR) is 77.9 cm³/mol. The molecule has 1 atom stereocenters. The van der Waals surface area contributed by atoms with E-state index < -0.39 is 12.2 Å². The van der Waals surface area contributed by atoms with E-state index in [0.29, 0.717) is 23.2 Å². The second-order valence-corrected chi connectivity index (χ2v) is 4.74. The monoisotopic (exact) mass is 301 g/mol. The summed E-state index contributed by atoms with van der Waals surface area (Å²) in [6, 6.07) is 14.6. The number of carbonyl (C=O) groups excluding carboxylic acids is 1. The molecule has 22 heavy (non-hydrogen) atoms. The van der Waals surface area contributed by atoms with Crippen LogP contribution in [0.5, 0.6) is 11.5 Å². The zero-order valence-electron chi connectivity index (χ0n) is 11.9. The Kier molecular flexibility index (Phi) is 3.95. The van der Waals surface area contributed by atoms with Gasteiger partial charge in [-0.1, -0.05) is 30.3 Å². The van der Waals surface area contributed by atoms with E-state index in [0.717, 1.165) is 5.56 Å². The number of anilines is 1. The van der Waals surface area contributed by atoms with Crippen LogP contribution in [0, 0.1) is 0 Å². The normalized spacial score (nSPS) is 16.9. The maximum atomic E-state index is 11.7. The number of hydroxylamine groups is 1. The lowest BCUT2D eigenvalue weighted by molar-refractivity contribution is -0.153. The zero-order chi connectivity index (χ0) is 15.5. The molecule has 1 amide bonds. The first-order chi connectivity index (χ1) is 10.7. The van der Waals surface area contributed by atoms with Crippen LogP contribution in [0.2, 0.25) is 0 Å². The SMILES string of the molecule is COC1Oc2cc(OCc3ccccc3)ccc2N(O)C1=O. The van der Waals surface area contributed by atoms with E-state index in [1.54, 1.807) is 18.2 Å². The molecule has 3 rings (SSSR count). The van der Waals surface area contributed by atoms with Crippen LogP contribution in [0.4, 0.5) is 5.69 Å². The number of carbonyl (C=O) groups is 1. The Hall–Kier alpha value is -2.57. The first-order valence-corrected chi connectivity index (χ1v) is 6.72. The molecule has 0 radical (unpaired) electrons. The largest absolute Gasteiger partial charge is 0.489 e. The van der Waals surface area contributed by atoms with Crippen LogP contribution >= 0.6 is 0 Å². The third-order valence-corrected chi connectivity index (χ3v) is 3.27. The Morgan fingerprint density at radius 2 is 2.00 bits per heavy atom. The van der Waals surface area contributed by atoms with Crippen LogP contribution in [0.15, 0.2) is 48.5 Å². The number of fused-ring (bicyclic) bond motifs is 1. The minimum absolute atomic E-state index is 0.255. The molecule has 2 aromatic carbocycles. The zero-order valence-corrected chi connectivity index (χ0v) is 11.9. The van der Waals surface area contributed by atoms with Gasteiger partial charge >= 0.3 is 5.91 Å². The van der Waals surface area contributed by atoms with Gasteiger partial charge in [0.2, 0.25) is 0 Å². The highest BCUT2D eigenvalue weighted by Crippen LogP contribution is 2.36. The minimum atomic E-state index is -1.16. The van der Waals surface area contributed by atoms with Crippen molar-refractivity contribution in [2.24, 2.45) is 0 Å². The standard InChI is InChI=1S/C16H15NO5/c1-20-16-15(18)17(19)13-8-7-12(9-14(13)22-16)21-10-11-5-3-2-4-6-11/h2-9,16,19H,10H2,1H3. The Bertz CT molecular complexity index is 673. The van der Waals surface area contributed by atoms with Gasteiger partial charge in [0.1, 0.15) is 18.0 Å². The van der Waals surface area contributed by atoms with Crippen LogP contribution in [-0.2, 0) is 16.1 Å². The van der Waals surface area contributed by atoms with Gasteiger partial charge in [0.05, 0.1) is 0 Å². The van der Waals surface area contributed by atoms with Crippen molar-refractivity contribution in [2.75, 3.05) is 12.2 Å². The maximum absolute atomic E-state index is 11.7. The molecule has 6 heteroatoms. The quantitative estimate of drug-likeness (QED) is 0.878. The molecule has 1 N–H and O–H groups in total. The van der Waals surface area contributed by atoms with Gasteiger partial charge in [-0.15, -0.1) is 0 Å². The molecule has 2 aromatic rings. The van der Waals surface area contributed by atoms with E-state index in [9.17, 15) is 10.0 Å². The Labute approximate surface area is 127 Å². The lowest BCUT2D eigenvalue weighted by Gasteiger charge is -2.29. The van der Waals surface area contributed by atoms with E-state index in [4.69, 9.17) is 14.2 Å². The molecular formula is C16H15NO5. The molecule has 114 valence electrons. The second-order valence-electron chi connectivity index (χ2n) is 4.74. The van der Waals surface area contributed by atoms with Gasteiger partial charge in [-0.05, 0) is 17.7 Å². The van der Waals surface area contributed by atoms with E-state index in [2.05, 4.69) is 0 Å². The highest BCUT2D eigenvalue weighted by molar-refractivity contribution is 5.97. The lowest BCUT2D eigenvalue weighted by atomic mass is 10.2. The van der Waals surface area contributed by atoms with E-state index >= 15 is 0 Å². The molecule has 0 aliphatic carbocycles. The fourth-order valence-electron chi connectivity index (χ4n) is 2.13. The van der Waals surface area contributed by atoms with Crippen LogP contribution in [0.3, 0.4) is 0 Å². The van der Waals surface area contributed by atoms with Crippen molar-refractivity contribution in [1.29, 1.82) is 0 Å². The molecule has 1 heterocycles. The van der Waals surface area contributed by atoms with Gasteiger partial charge in [-0.3, -0.25) is 10.0 Å². The van der Waals surface area contributed by atoms with Crippen LogP contribution < -0.4 is 14.5 Å². The highest BCUT2D eigenvalue weighted by atomic mass is 16.7. The van der Waals surface area contributed by atoms with Gasteiger partial charge in [0.25, 0.3) is 6.29 Å². The number of rotatable bonds is 4. The highest BCUT2D eigenvalue weighted by Gasteiger charge is 2.34. The fraction of sp³-hybridized carbons (Fsp3) is 0.188. The molecule has 0 bridgehead atoms. The van der Waals surface area contributed by atoms with Crippen molar-refractivity contribution in [2.45, 2.75) is 12.9 Å². The van der Waals surface area contributed by atoms with Gasteiger partial charge < -0.3 is 14.2 Å². The summed E-state index contributed by atoms with van der Waals surface area (Å²) in [4.78, 5) is 11.7. The summed E-state index contributed by atoms with van der Waals surface area (Å²) in [5.41, 5.74) is 1.29. The molecule has 1 aliphatic rings. The molecule has 1 aliphatic heterocycles.